The minimum absolute atomic E-state index is 0.175. The number of aromatic nitrogens is 3. The fourth-order valence-electron chi connectivity index (χ4n) is 1.26. The summed E-state index contributed by atoms with van der Waals surface area (Å²) in [4.78, 5) is 14.0. The van der Waals surface area contributed by atoms with Crippen LogP contribution < -0.4 is 20.9 Å². The van der Waals surface area contributed by atoms with Gasteiger partial charge in [0.1, 0.15) is 5.75 Å². The molecule has 0 unspecified atom stereocenters. The van der Waals surface area contributed by atoms with Gasteiger partial charge in [0.15, 0.2) is 0 Å². The number of hydrogen-bond donors (Lipinski definition) is 2. The van der Waals surface area contributed by atoms with Crippen molar-refractivity contribution in [2.75, 3.05) is 24.4 Å². The lowest BCUT2D eigenvalue weighted by Gasteiger charge is -2.12. The molecule has 0 saturated heterocycles. The van der Waals surface area contributed by atoms with Gasteiger partial charge in [0.2, 0.25) is 11.9 Å². The Hall–Kier alpha value is -1.93. The zero-order chi connectivity index (χ0) is 13.8. The molecule has 100 valence electrons. The molecule has 1 aromatic carbocycles. The van der Waals surface area contributed by atoms with E-state index in [2.05, 4.69) is 36.3 Å². The number of halogens is 1. The van der Waals surface area contributed by atoms with Gasteiger partial charge in [0.25, 0.3) is 0 Å². The molecule has 7 nitrogen and oxygen atoms in total. The largest absolute Gasteiger partial charge is 0.424 e. The number of nitrogen functional groups attached to an aromatic ring is 1. The fourth-order valence-corrected chi connectivity index (χ4v) is 1.53. The molecule has 2 aromatic rings. The standard InChI is InChI=1S/C11H13BrN6O/c1-18(2)10-14-9(17-13)15-11(16-10)19-8-5-3-7(12)4-6-8/h3-6H,13H2,1-2H3,(H,14,15,16,17). The van der Waals surface area contributed by atoms with Crippen LogP contribution in [0.2, 0.25) is 0 Å². The molecule has 0 radical (unpaired) electrons. The summed E-state index contributed by atoms with van der Waals surface area (Å²) in [7, 11) is 3.64. The van der Waals surface area contributed by atoms with E-state index < -0.39 is 0 Å². The Morgan fingerprint density at radius 2 is 1.84 bits per heavy atom. The lowest BCUT2D eigenvalue weighted by Crippen LogP contribution is -2.17. The number of nitrogens with one attached hydrogen (secondary N) is 1. The molecule has 2 rings (SSSR count). The number of hydrogen-bond acceptors (Lipinski definition) is 7. The van der Waals surface area contributed by atoms with E-state index in [1.165, 1.54) is 0 Å². The molecule has 1 heterocycles. The summed E-state index contributed by atoms with van der Waals surface area (Å²) in [5.74, 6) is 6.64. The summed E-state index contributed by atoms with van der Waals surface area (Å²) in [6.07, 6.45) is 0. The number of nitrogens with two attached hydrogens (primary N) is 1. The number of anilines is 2. The van der Waals surface area contributed by atoms with E-state index in [0.717, 1.165) is 4.47 Å². The topological polar surface area (TPSA) is 89.2 Å². The zero-order valence-electron chi connectivity index (χ0n) is 10.5. The number of hydrazine groups is 1. The molecule has 3 N–H and O–H groups in total. The van der Waals surface area contributed by atoms with E-state index in [1.807, 2.05) is 26.2 Å². The summed E-state index contributed by atoms with van der Waals surface area (Å²) in [6.45, 7) is 0. The van der Waals surface area contributed by atoms with Gasteiger partial charge < -0.3 is 9.64 Å². The fraction of sp³-hybridized carbons (Fsp3) is 0.182. The van der Waals surface area contributed by atoms with Crippen LogP contribution in [-0.2, 0) is 0 Å². The Morgan fingerprint density at radius 1 is 1.16 bits per heavy atom. The molecule has 0 atom stereocenters. The molecule has 0 saturated carbocycles. The highest BCUT2D eigenvalue weighted by Gasteiger charge is 2.09. The second kappa shape index (κ2) is 5.81. The van der Waals surface area contributed by atoms with Gasteiger partial charge in [-0.05, 0) is 24.3 Å². The third-order valence-electron chi connectivity index (χ3n) is 2.15. The Bertz CT molecular complexity index is 560. The molecule has 8 heteroatoms. The lowest BCUT2D eigenvalue weighted by atomic mass is 10.3. The second-order valence-corrected chi connectivity index (χ2v) is 4.75. The smallest absolute Gasteiger partial charge is 0.328 e. The van der Waals surface area contributed by atoms with Crippen LogP contribution in [-0.4, -0.2) is 29.0 Å². The van der Waals surface area contributed by atoms with Crippen molar-refractivity contribution >= 4 is 27.8 Å². The van der Waals surface area contributed by atoms with E-state index in [9.17, 15) is 0 Å². The van der Waals surface area contributed by atoms with Crippen molar-refractivity contribution in [3.8, 4) is 11.8 Å². The maximum atomic E-state index is 5.56. The van der Waals surface area contributed by atoms with Crippen LogP contribution in [0.1, 0.15) is 0 Å². The van der Waals surface area contributed by atoms with Crippen LogP contribution in [0.4, 0.5) is 11.9 Å². The van der Waals surface area contributed by atoms with Gasteiger partial charge in [-0.25, -0.2) is 5.84 Å². The SMILES string of the molecule is CN(C)c1nc(NN)nc(Oc2ccc(Br)cc2)n1. The van der Waals surface area contributed by atoms with Crippen molar-refractivity contribution in [2.45, 2.75) is 0 Å². The Kier molecular flexibility index (Phi) is 4.13. The van der Waals surface area contributed by atoms with Crippen LogP contribution in [0, 0.1) is 0 Å². The summed E-state index contributed by atoms with van der Waals surface area (Å²) in [5.41, 5.74) is 2.38. The summed E-state index contributed by atoms with van der Waals surface area (Å²) < 4.78 is 6.53. The van der Waals surface area contributed by atoms with Crippen molar-refractivity contribution in [1.29, 1.82) is 0 Å². The first-order valence-electron chi connectivity index (χ1n) is 5.42. The summed E-state index contributed by atoms with van der Waals surface area (Å²) >= 11 is 3.35. The Morgan fingerprint density at radius 3 is 2.42 bits per heavy atom. The van der Waals surface area contributed by atoms with Crippen LogP contribution in [0.25, 0.3) is 0 Å². The maximum absolute atomic E-state index is 5.56. The molecular weight excluding hydrogens is 312 g/mol. The van der Waals surface area contributed by atoms with E-state index in [-0.39, 0.29) is 12.0 Å². The Balaban J connectivity index is 2.28. The average molecular weight is 325 g/mol. The first kappa shape index (κ1) is 13.5. The van der Waals surface area contributed by atoms with Crippen LogP contribution in [0.3, 0.4) is 0 Å². The van der Waals surface area contributed by atoms with Crippen LogP contribution in [0.5, 0.6) is 11.8 Å². The molecule has 0 spiro atoms. The quantitative estimate of drug-likeness (QED) is 0.654. The van der Waals surface area contributed by atoms with E-state index in [1.54, 1.807) is 17.0 Å². The minimum Gasteiger partial charge on any atom is -0.424 e. The molecule has 19 heavy (non-hydrogen) atoms. The number of ether oxygens (including phenoxy) is 1. The number of rotatable bonds is 4. The normalized spacial score (nSPS) is 10.1. The molecule has 0 amide bonds. The van der Waals surface area contributed by atoms with Crippen molar-refractivity contribution in [3.63, 3.8) is 0 Å². The van der Waals surface area contributed by atoms with Gasteiger partial charge in [-0.15, -0.1) is 0 Å². The molecule has 0 aliphatic carbocycles. The molecule has 0 aliphatic rings. The molecule has 0 fully saturated rings. The lowest BCUT2D eigenvalue weighted by molar-refractivity contribution is 0.440. The monoisotopic (exact) mass is 324 g/mol. The number of benzene rings is 1. The highest BCUT2D eigenvalue weighted by molar-refractivity contribution is 9.10. The first-order chi connectivity index (χ1) is 9.08. The van der Waals surface area contributed by atoms with Crippen molar-refractivity contribution in [2.24, 2.45) is 5.84 Å². The predicted molar refractivity (Wildman–Crippen MR) is 76.2 cm³/mol. The highest BCUT2D eigenvalue weighted by atomic mass is 79.9. The minimum atomic E-state index is 0.175. The Labute approximate surface area is 118 Å². The van der Waals surface area contributed by atoms with Crippen molar-refractivity contribution in [3.05, 3.63) is 28.7 Å². The van der Waals surface area contributed by atoms with Gasteiger partial charge in [-0.2, -0.15) is 15.0 Å². The van der Waals surface area contributed by atoms with E-state index in [0.29, 0.717) is 11.7 Å². The summed E-state index contributed by atoms with van der Waals surface area (Å²) in [5, 5.41) is 0. The van der Waals surface area contributed by atoms with E-state index >= 15 is 0 Å². The molecule has 0 bridgehead atoms. The zero-order valence-corrected chi connectivity index (χ0v) is 12.0. The van der Waals surface area contributed by atoms with Crippen LogP contribution >= 0.6 is 15.9 Å². The highest BCUT2D eigenvalue weighted by Crippen LogP contribution is 2.22. The third-order valence-corrected chi connectivity index (χ3v) is 2.68. The van der Waals surface area contributed by atoms with Gasteiger partial charge in [-0.1, -0.05) is 15.9 Å². The van der Waals surface area contributed by atoms with Crippen molar-refractivity contribution < 1.29 is 4.74 Å². The van der Waals surface area contributed by atoms with E-state index in [4.69, 9.17) is 10.6 Å². The summed E-state index contributed by atoms with van der Waals surface area (Å²) in [6, 6.07) is 7.52. The van der Waals surface area contributed by atoms with Gasteiger partial charge in [-0.3, -0.25) is 5.43 Å². The third kappa shape index (κ3) is 3.52. The van der Waals surface area contributed by atoms with Crippen molar-refractivity contribution in [1.82, 2.24) is 15.0 Å². The maximum Gasteiger partial charge on any atom is 0.328 e. The second-order valence-electron chi connectivity index (χ2n) is 3.84. The van der Waals surface area contributed by atoms with Gasteiger partial charge in [0.05, 0.1) is 0 Å². The van der Waals surface area contributed by atoms with Crippen LogP contribution in [0.15, 0.2) is 28.7 Å². The molecule has 0 aliphatic heterocycles. The molecular formula is C11H13BrN6O. The first-order valence-corrected chi connectivity index (χ1v) is 6.21. The number of nitrogens with zero attached hydrogens (tertiary/aromatic N) is 4. The van der Waals surface area contributed by atoms with Gasteiger partial charge >= 0.3 is 6.01 Å². The molecule has 1 aromatic heterocycles. The predicted octanol–water partition coefficient (Wildman–Crippen LogP) is 1.78. The average Bonchev–Trinajstić information content (AvgIpc) is 2.41. The van der Waals surface area contributed by atoms with Gasteiger partial charge in [0, 0.05) is 18.6 Å².